The molecule has 0 aromatic heterocycles. The second-order valence-electron chi connectivity index (χ2n) is 4.84. The van der Waals surface area contributed by atoms with Crippen LogP contribution in [0.1, 0.15) is 0 Å². The summed E-state index contributed by atoms with van der Waals surface area (Å²) in [7, 11) is 0. The number of hydrogen-bond donors (Lipinski definition) is 0. The SMILES string of the molecule is [O]CCN1CCN(CCN2CCOCC2)CC1. The van der Waals surface area contributed by atoms with Gasteiger partial charge in [0.15, 0.2) is 0 Å². The topological polar surface area (TPSA) is 38.9 Å². The first-order valence-corrected chi connectivity index (χ1v) is 6.71. The first-order chi connectivity index (χ1) is 8.38. The molecule has 2 rings (SSSR count). The quantitative estimate of drug-likeness (QED) is 0.643. The van der Waals surface area contributed by atoms with Gasteiger partial charge < -0.3 is 4.74 Å². The zero-order valence-electron chi connectivity index (χ0n) is 10.6. The summed E-state index contributed by atoms with van der Waals surface area (Å²) >= 11 is 0. The lowest BCUT2D eigenvalue weighted by molar-refractivity contribution is 0.0287. The summed E-state index contributed by atoms with van der Waals surface area (Å²) in [5.41, 5.74) is 0. The van der Waals surface area contributed by atoms with Crippen molar-refractivity contribution in [2.75, 3.05) is 78.7 Å². The van der Waals surface area contributed by atoms with Gasteiger partial charge in [-0.05, 0) is 0 Å². The molecule has 0 bridgehead atoms. The fourth-order valence-corrected chi connectivity index (χ4v) is 2.47. The number of hydrogen-bond acceptors (Lipinski definition) is 4. The van der Waals surface area contributed by atoms with Gasteiger partial charge in [0, 0.05) is 58.9 Å². The molecular weight excluding hydrogens is 218 g/mol. The van der Waals surface area contributed by atoms with Crippen LogP contribution in [0.4, 0.5) is 0 Å². The molecule has 0 aromatic rings. The monoisotopic (exact) mass is 242 g/mol. The van der Waals surface area contributed by atoms with Crippen molar-refractivity contribution < 1.29 is 9.84 Å². The molecule has 0 amide bonds. The van der Waals surface area contributed by atoms with Gasteiger partial charge in [0.1, 0.15) is 0 Å². The number of rotatable bonds is 5. The normalized spacial score (nSPS) is 25.2. The molecule has 2 heterocycles. The third kappa shape index (κ3) is 4.52. The smallest absolute Gasteiger partial charge is 0.0949 e. The summed E-state index contributed by atoms with van der Waals surface area (Å²) in [4.78, 5) is 7.27. The summed E-state index contributed by atoms with van der Waals surface area (Å²) in [5.74, 6) is 0. The predicted octanol–water partition coefficient (Wildman–Crippen LogP) is -0.633. The van der Waals surface area contributed by atoms with E-state index in [4.69, 9.17) is 4.74 Å². The summed E-state index contributed by atoms with van der Waals surface area (Å²) in [5, 5.41) is 10.5. The molecule has 0 aliphatic carbocycles. The number of ether oxygens (including phenoxy) is 1. The maximum Gasteiger partial charge on any atom is 0.0949 e. The molecule has 2 saturated heterocycles. The van der Waals surface area contributed by atoms with Crippen molar-refractivity contribution in [3.05, 3.63) is 0 Å². The first-order valence-electron chi connectivity index (χ1n) is 6.71. The Balaban J connectivity index is 1.57. The fraction of sp³-hybridized carbons (Fsp3) is 1.00. The largest absolute Gasteiger partial charge is 0.379 e. The van der Waals surface area contributed by atoms with E-state index in [1.165, 1.54) is 0 Å². The van der Waals surface area contributed by atoms with Crippen molar-refractivity contribution in [2.45, 2.75) is 0 Å². The van der Waals surface area contributed by atoms with Gasteiger partial charge in [0.25, 0.3) is 0 Å². The summed E-state index contributed by atoms with van der Waals surface area (Å²) in [6.07, 6.45) is 0. The Morgan fingerprint density at radius 3 is 1.71 bits per heavy atom. The summed E-state index contributed by atoms with van der Waals surface area (Å²) in [6, 6.07) is 0. The van der Waals surface area contributed by atoms with Crippen molar-refractivity contribution >= 4 is 0 Å². The average Bonchev–Trinajstić information content (AvgIpc) is 2.40. The van der Waals surface area contributed by atoms with E-state index in [1.54, 1.807) is 0 Å². The summed E-state index contributed by atoms with van der Waals surface area (Å²) < 4.78 is 5.34. The molecule has 2 fully saturated rings. The number of piperazine rings is 1. The summed E-state index contributed by atoms with van der Waals surface area (Å²) in [6.45, 7) is 11.4. The van der Waals surface area contributed by atoms with Gasteiger partial charge in [0.05, 0.1) is 19.8 Å². The molecule has 1 radical (unpaired) electrons. The van der Waals surface area contributed by atoms with E-state index in [0.717, 1.165) is 72.1 Å². The highest BCUT2D eigenvalue weighted by Gasteiger charge is 2.17. The van der Waals surface area contributed by atoms with E-state index in [0.29, 0.717) is 0 Å². The Kier molecular flexibility index (Phi) is 5.67. The van der Waals surface area contributed by atoms with Gasteiger partial charge in [-0.1, -0.05) is 0 Å². The Bertz CT molecular complexity index is 202. The minimum Gasteiger partial charge on any atom is -0.379 e. The predicted molar refractivity (Wildman–Crippen MR) is 65.7 cm³/mol. The van der Waals surface area contributed by atoms with Crippen molar-refractivity contribution in [1.29, 1.82) is 0 Å². The molecule has 0 atom stereocenters. The van der Waals surface area contributed by atoms with Crippen LogP contribution in [0.5, 0.6) is 0 Å². The first kappa shape index (κ1) is 13.2. The molecule has 0 spiro atoms. The molecule has 0 aromatic carbocycles. The van der Waals surface area contributed by atoms with Crippen molar-refractivity contribution in [1.82, 2.24) is 14.7 Å². The Labute approximate surface area is 104 Å². The zero-order valence-corrected chi connectivity index (χ0v) is 10.6. The molecule has 17 heavy (non-hydrogen) atoms. The molecule has 0 N–H and O–H groups in total. The minimum atomic E-state index is 0.0355. The van der Waals surface area contributed by atoms with E-state index < -0.39 is 0 Å². The molecule has 0 unspecified atom stereocenters. The van der Waals surface area contributed by atoms with E-state index in [1.807, 2.05) is 0 Å². The molecule has 99 valence electrons. The standard InChI is InChI=1S/C12H24N3O2/c16-10-7-14-4-1-13(2-5-14)3-6-15-8-11-17-12-9-15/h1-12H2. The maximum atomic E-state index is 10.5. The Hall–Kier alpha value is -0.200. The van der Waals surface area contributed by atoms with E-state index in [2.05, 4.69) is 14.7 Å². The van der Waals surface area contributed by atoms with Crippen LogP contribution >= 0.6 is 0 Å². The lowest BCUT2D eigenvalue weighted by atomic mass is 10.3. The highest BCUT2D eigenvalue weighted by molar-refractivity contribution is 4.73. The second-order valence-corrected chi connectivity index (χ2v) is 4.84. The maximum absolute atomic E-state index is 10.5. The lowest BCUT2D eigenvalue weighted by Crippen LogP contribution is -2.49. The third-order valence-corrected chi connectivity index (χ3v) is 3.71. The van der Waals surface area contributed by atoms with Gasteiger partial charge >= 0.3 is 0 Å². The van der Waals surface area contributed by atoms with Crippen LogP contribution in [0.2, 0.25) is 0 Å². The molecular formula is C12H24N3O2. The van der Waals surface area contributed by atoms with Crippen LogP contribution in [0.15, 0.2) is 0 Å². The van der Waals surface area contributed by atoms with E-state index >= 15 is 0 Å². The van der Waals surface area contributed by atoms with E-state index in [9.17, 15) is 5.11 Å². The van der Waals surface area contributed by atoms with Crippen molar-refractivity contribution in [3.63, 3.8) is 0 Å². The molecule has 5 nitrogen and oxygen atoms in total. The highest BCUT2D eigenvalue weighted by Crippen LogP contribution is 2.02. The second kappa shape index (κ2) is 7.28. The van der Waals surface area contributed by atoms with Crippen LogP contribution in [-0.4, -0.2) is 93.4 Å². The van der Waals surface area contributed by atoms with Crippen LogP contribution in [-0.2, 0) is 9.84 Å². The minimum absolute atomic E-state index is 0.0355. The van der Waals surface area contributed by atoms with E-state index in [-0.39, 0.29) is 6.61 Å². The van der Waals surface area contributed by atoms with Gasteiger partial charge in [-0.25, -0.2) is 5.11 Å². The van der Waals surface area contributed by atoms with Crippen molar-refractivity contribution in [2.24, 2.45) is 0 Å². The van der Waals surface area contributed by atoms with Crippen LogP contribution < -0.4 is 0 Å². The number of nitrogens with zero attached hydrogens (tertiary/aromatic N) is 3. The Morgan fingerprint density at radius 1 is 0.706 bits per heavy atom. The highest BCUT2D eigenvalue weighted by atomic mass is 16.5. The van der Waals surface area contributed by atoms with Crippen molar-refractivity contribution in [3.8, 4) is 0 Å². The van der Waals surface area contributed by atoms with Crippen LogP contribution in [0.3, 0.4) is 0 Å². The van der Waals surface area contributed by atoms with Gasteiger partial charge in [0.2, 0.25) is 0 Å². The van der Waals surface area contributed by atoms with Gasteiger partial charge in [-0.3, -0.25) is 14.7 Å². The zero-order chi connectivity index (χ0) is 11.9. The number of morpholine rings is 1. The fourth-order valence-electron chi connectivity index (χ4n) is 2.47. The lowest BCUT2D eigenvalue weighted by Gasteiger charge is -2.36. The van der Waals surface area contributed by atoms with Crippen LogP contribution in [0, 0.1) is 0 Å². The molecule has 2 aliphatic heterocycles. The average molecular weight is 242 g/mol. The third-order valence-electron chi connectivity index (χ3n) is 3.71. The van der Waals surface area contributed by atoms with Crippen LogP contribution in [0.25, 0.3) is 0 Å². The molecule has 2 aliphatic rings. The van der Waals surface area contributed by atoms with Gasteiger partial charge in [-0.2, -0.15) is 0 Å². The Morgan fingerprint density at radius 2 is 1.18 bits per heavy atom. The van der Waals surface area contributed by atoms with Gasteiger partial charge in [-0.15, -0.1) is 0 Å². The molecule has 5 heteroatoms. The molecule has 0 saturated carbocycles.